The van der Waals surface area contributed by atoms with E-state index in [0.717, 1.165) is 37.6 Å². The van der Waals surface area contributed by atoms with Crippen molar-refractivity contribution in [2.75, 3.05) is 30.5 Å². The van der Waals surface area contributed by atoms with Crippen molar-refractivity contribution in [2.45, 2.75) is 45.1 Å². The molecule has 1 fully saturated rings. The summed E-state index contributed by atoms with van der Waals surface area (Å²) in [4.78, 5) is 11.2. The standard InChI is InChI=1S/C14H25N5O/c1-14(2,3)13-16-11(18-15)8-12(17-13)19(4)9-10-6-5-7-20-10/h8,10H,5-7,9,15H2,1-4H3,(H,16,17,18). The first-order valence-corrected chi connectivity index (χ1v) is 7.09. The highest BCUT2D eigenvalue weighted by Gasteiger charge is 2.22. The number of hydrogen-bond acceptors (Lipinski definition) is 6. The number of nitrogen functional groups attached to an aromatic ring is 1. The van der Waals surface area contributed by atoms with Crippen molar-refractivity contribution in [3.63, 3.8) is 0 Å². The molecule has 1 aliphatic rings. The highest BCUT2D eigenvalue weighted by atomic mass is 16.5. The number of nitrogens with one attached hydrogen (secondary N) is 1. The first kappa shape index (κ1) is 15.0. The lowest BCUT2D eigenvalue weighted by Gasteiger charge is -2.25. The van der Waals surface area contributed by atoms with Crippen molar-refractivity contribution < 1.29 is 4.74 Å². The Bertz CT molecular complexity index is 451. The molecule has 0 aromatic carbocycles. The van der Waals surface area contributed by atoms with E-state index in [1.165, 1.54) is 0 Å². The lowest BCUT2D eigenvalue weighted by molar-refractivity contribution is 0.116. The second-order valence-electron chi connectivity index (χ2n) is 6.34. The highest BCUT2D eigenvalue weighted by molar-refractivity contribution is 5.49. The topological polar surface area (TPSA) is 76.3 Å². The molecule has 6 heteroatoms. The largest absolute Gasteiger partial charge is 0.376 e. The van der Waals surface area contributed by atoms with E-state index in [0.29, 0.717) is 11.9 Å². The quantitative estimate of drug-likeness (QED) is 0.645. The molecule has 1 aromatic heterocycles. The molecule has 0 saturated carbocycles. The molecule has 0 bridgehead atoms. The van der Waals surface area contributed by atoms with Crippen molar-refractivity contribution >= 4 is 11.6 Å². The Kier molecular flexibility index (Phi) is 4.45. The van der Waals surface area contributed by atoms with Crippen LogP contribution in [0.4, 0.5) is 11.6 Å². The van der Waals surface area contributed by atoms with Crippen LogP contribution in [0, 0.1) is 0 Å². The fourth-order valence-electron chi connectivity index (χ4n) is 2.23. The fraction of sp³-hybridized carbons (Fsp3) is 0.714. The minimum Gasteiger partial charge on any atom is -0.376 e. The predicted octanol–water partition coefficient (Wildman–Crippen LogP) is 1.67. The number of hydrogen-bond donors (Lipinski definition) is 2. The van der Waals surface area contributed by atoms with Crippen LogP contribution in [0.5, 0.6) is 0 Å². The summed E-state index contributed by atoms with van der Waals surface area (Å²) in [5, 5.41) is 0. The summed E-state index contributed by atoms with van der Waals surface area (Å²) in [5.74, 6) is 7.80. The molecule has 20 heavy (non-hydrogen) atoms. The monoisotopic (exact) mass is 279 g/mol. The summed E-state index contributed by atoms with van der Waals surface area (Å²) >= 11 is 0. The minimum absolute atomic E-state index is 0.119. The van der Waals surface area contributed by atoms with E-state index in [4.69, 9.17) is 10.6 Å². The molecule has 1 aliphatic heterocycles. The van der Waals surface area contributed by atoms with E-state index < -0.39 is 0 Å². The van der Waals surface area contributed by atoms with Crippen LogP contribution in [0.2, 0.25) is 0 Å². The number of aromatic nitrogens is 2. The number of rotatable bonds is 4. The van der Waals surface area contributed by atoms with Gasteiger partial charge in [0.1, 0.15) is 17.5 Å². The van der Waals surface area contributed by atoms with Gasteiger partial charge in [0.25, 0.3) is 0 Å². The van der Waals surface area contributed by atoms with Crippen molar-refractivity contribution in [3.05, 3.63) is 11.9 Å². The van der Waals surface area contributed by atoms with Gasteiger partial charge in [-0.3, -0.25) is 0 Å². The van der Waals surface area contributed by atoms with Gasteiger partial charge in [0.2, 0.25) is 0 Å². The van der Waals surface area contributed by atoms with Gasteiger partial charge in [-0.25, -0.2) is 15.8 Å². The maximum Gasteiger partial charge on any atom is 0.145 e. The third-order valence-corrected chi connectivity index (χ3v) is 3.42. The van der Waals surface area contributed by atoms with E-state index in [-0.39, 0.29) is 5.41 Å². The van der Waals surface area contributed by atoms with Crippen molar-refractivity contribution in [2.24, 2.45) is 5.84 Å². The van der Waals surface area contributed by atoms with Gasteiger partial charge in [0.15, 0.2) is 0 Å². The van der Waals surface area contributed by atoms with Crippen LogP contribution < -0.4 is 16.2 Å². The van der Waals surface area contributed by atoms with E-state index in [1.807, 2.05) is 13.1 Å². The van der Waals surface area contributed by atoms with E-state index in [1.54, 1.807) is 0 Å². The predicted molar refractivity (Wildman–Crippen MR) is 80.8 cm³/mol. The number of nitrogens with two attached hydrogens (primary N) is 1. The Morgan fingerprint density at radius 2 is 2.20 bits per heavy atom. The first-order chi connectivity index (χ1) is 9.40. The fourth-order valence-corrected chi connectivity index (χ4v) is 2.23. The molecule has 0 spiro atoms. The van der Waals surface area contributed by atoms with Gasteiger partial charge in [0.05, 0.1) is 6.10 Å². The first-order valence-electron chi connectivity index (χ1n) is 7.09. The third kappa shape index (κ3) is 3.58. The summed E-state index contributed by atoms with van der Waals surface area (Å²) in [5.41, 5.74) is 2.50. The number of hydrazine groups is 1. The van der Waals surface area contributed by atoms with Crippen LogP contribution in [-0.2, 0) is 10.2 Å². The second-order valence-corrected chi connectivity index (χ2v) is 6.34. The molecule has 0 radical (unpaired) electrons. The Morgan fingerprint density at radius 3 is 2.75 bits per heavy atom. The molecular formula is C14H25N5O. The van der Waals surface area contributed by atoms with Crippen LogP contribution in [-0.4, -0.2) is 36.3 Å². The normalized spacial score (nSPS) is 19.1. The van der Waals surface area contributed by atoms with Crippen LogP contribution in [0.15, 0.2) is 6.07 Å². The Morgan fingerprint density at radius 1 is 1.45 bits per heavy atom. The van der Waals surface area contributed by atoms with E-state index in [2.05, 4.69) is 41.1 Å². The molecule has 6 nitrogen and oxygen atoms in total. The van der Waals surface area contributed by atoms with Crippen molar-refractivity contribution in [1.82, 2.24) is 9.97 Å². The number of likely N-dealkylation sites (N-methyl/N-ethyl adjacent to an activating group) is 1. The average molecular weight is 279 g/mol. The molecule has 0 aliphatic carbocycles. The Labute approximate surface area is 120 Å². The van der Waals surface area contributed by atoms with E-state index >= 15 is 0 Å². The molecule has 1 unspecified atom stereocenters. The molecule has 112 valence electrons. The number of nitrogens with zero attached hydrogens (tertiary/aromatic N) is 3. The Balaban J connectivity index is 2.20. The molecule has 1 aromatic rings. The summed E-state index contributed by atoms with van der Waals surface area (Å²) in [6.07, 6.45) is 2.55. The van der Waals surface area contributed by atoms with Crippen LogP contribution >= 0.6 is 0 Å². The van der Waals surface area contributed by atoms with Crippen molar-refractivity contribution in [3.8, 4) is 0 Å². The molecular weight excluding hydrogens is 254 g/mol. The molecule has 1 atom stereocenters. The van der Waals surface area contributed by atoms with Gasteiger partial charge >= 0.3 is 0 Å². The SMILES string of the molecule is CN(CC1CCCO1)c1cc(NN)nc(C(C)(C)C)n1. The summed E-state index contributed by atoms with van der Waals surface area (Å²) in [7, 11) is 2.02. The second kappa shape index (κ2) is 5.93. The lowest BCUT2D eigenvalue weighted by Crippen LogP contribution is -2.30. The summed E-state index contributed by atoms with van der Waals surface area (Å²) in [6, 6.07) is 1.87. The maximum absolute atomic E-state index is 5.67. The zero-order valence-electron chi connectivity index (χ0n) is 12.8. The van der Waals surface area contributed by atoms with Crippen LogP contribution in [0.25, 0.3) is 0 Å². The lowest BCUT2D eigenvalue weighted by atomic mass is 9.96. The third-order valence-electron chi connectivity index (χ3n) is 3.42. The van der Waals surface area contributed by atoms with Crippen LogP contribution in [0.3, 0.4) is 0 Å². The molecule has 2 heterocycles. The molecule has 0 amide bonds. The molecule has 1 saturated heterocycles. The van der Waals surface area contributed by atoms with Crippen molar-refractivity contribution in [1.29, 1.82) is 0 Å². The van der Waals surface area contributed by atoms with Gasteiger partial charge in [-0.05, 0) is 12.8 Å². The number of ether oxygens (including phenoxy) is 1. The van der Waals surface area contributed by atoms with Crippen LogP contribution in [0.1, 0.15) is 39.4 Å². The van der Waals surface area contributed by atoms with Gasteiger partial charge in [-0.2, -0.15) is 0 Å². The zero-order chi connectivity index (χ0) is 14.8. The number of anilines is 2. The molecule has 2 rings (SSSR count). The Hall–Kier alpha value is -1.40. The maximum atomic E-state index is 5.67. The molecule has 3 N–H and O–H groups in total. The van der Waals surface area contributed by atoms with Gasteiger partial charge in [0, 0.05) is 31.7 Å². The minimum atomic E-state index is -0.119. The average Bonchev–Trinajstić information content (AvgIpc) is 2.90. The summed E-state index contributed by atoms with van der Waals surface area (Å²) in [6.45, 7) is 7.97. The smallest absolute Gasteiger partial charge is 0.145 e. The van der Waals surface area contributed by atoms with Gasteiger partial charge in [-0.15, -0.1) is 0 Å². The van der Waals surface area contributed by atoms with Gasteiger partial charge < -0.3 is 15.1 Å². The highest BCUT2D eigenvalue weighted by Crippen LogP contribution is 2.24. The van der Waals surface area contributed by atoms with Gasteiger partial charge in [-0.1, -0.05) is 20.8 Å². The summed E-state index contributed by atoms with van der Waals surface area (Å²) < 4.78 is 5.67. The zero-order valence-corrected chi connectivity index (χ0v) is 12.8. The van der Waals surface area contributed by atoms with E-state index in [9.17, 15) is 0 Å².